The third kappa shape index (κ3) is 2.60. The molecule has 4 aromatic rings. The molecule has 0 aliphatic heterocycles. The normalized spacial score (nSPS) is 11.5. The quantitative estimate of drug-likeness (QED) is 0.571. The molecule has 0 amide bonds. The highest BCUT2D eigenvalue weighted by Gasteiger charge is 2.14. The highest BCUT2D eigenvalue weighted by molar-refractivity contribution is 7.13. The SMILES string of the molecule is CC(C)n1c(=O)c(=O)[nH]c2cc(-c3noc(-c4cccs4)n3)ccc21. The van der Waals surface area contributed by atoms with Crippen molar-refractivity contribution in [2.24, 2.45) is 0 Å². The Morgan fingerprint density at radius 1 is 1.24 bits per heavy atom. The van der Waals surface area contributed by atoms with E-state index in [1.54, 1.807) is 12.1 Å². The Bertz CT molecular complexity index is 1170. The Morgan fingerprint density at radius 3 is 2.80 bits per heavy atom. The van der Waals surface area contributed by atoms with E-state index in [-0.39, 0.29) is 6.04 Å². The molecular weight excluding hydrogens is 340 g/mol. The Labute approximate surface area is 145 Å². The highest BCUT2D eigenvalue weighted by Crippen LogP contribution is 2.27. The first-order chi connectivity index (χ1) is 12.0. The molecule has 0 unspecified atom stereocenters. The van der Waals surface area contributed by atoms with Crippen molar-refractivity contribution in [3.8, 4) is 22.2 Å². The second-order valence-electron chi connectivity index (χ2n) is 5.86. The fourth-order valence-corrected chi connectivity index (χ4v) is 3.38. The molecule has 8 heteroatoms. The van der Waals surface area contributed by atoms with Crippen molar-refractivity contribution >= 4 is 22.4 Å². The molecular formula is C17H14N4O3S. The van der Waals surface area contributed by atoms with E-state index in [0.717, 1.165) is 4.88 Å². The van der Waals surface area contributed by atoms with Gasteiger partial charge in [-0.2, -0.15) is 4.98 Å². The van der Waals surface area contributed by atoms with Crippen LogP contribution in [0.3, 0.4) is 0 Å². The third-order valence-corrected chi connectivity index (χ3v) is 4.71. The van der Waals surface area contributed by atoms with Crippen LogP contribution in [0, 0.1) is 0 Å². The van der Waals surface area contributed by atoms with Gasteiger partial charge >= 0.3 is 11.1 Å². The van der Waals surface area contributed by atoms with Crippen LogP contribution in [0.25, 0.3) is 33.2 Å². The average molecular weight is 354 g/mol. The van der Waals surface area contributed by atoms with E-state index in [4.69, 9.17) is 4.52 Å². The number of aromatic amines is 1. The highest BCUT2D eigenvalue weighted by atomic mass is 32.1. The van der Waals surface area contributed by atoms with Crippen molar-refractivity contribution in [3.05, 3.63) is 56.4 Å². The number of aromatic nitrogens is 4. The summed E-state index contributed by atoms with van der Waals surface area (Å²) in [5.74, 6) is 0.874. The molecule has 3 heterocycles. The minimum atomic E-state index is -0.647. The van der Waals surface area contributed by atoms with Crippen LogP contribution in [-0.4, -0.2) is 19.7 Å². The number of nitrogens with one attached hydrogen (secondary N) is 1. The van der Waals surface area contributed by atoms with Gasteiger partial charge in [0.1, 0.15) is 0 Å². The van der Waals surface area contributed by atoms with Gasteiger partial charge in [0, 0.05) is 11.6 Å². The van der Waals surface area contributed by atoms with Crippen molar-refractivity contribution < 1.29 is 4.52 Å². The molecule has 7 nitrogen and oxygen atoms in total. The van der Waals surface area contributed by atoms with Crippen LogP contribution in [0.2, 0.25) is 0 Å². The molecule has 126 valence electrons. The summed E-state index contributed by atoms with van der Waals surface area (Å²) >= 11 is 1.51. The van der Waals surface area contributed by atoms with Gasteiger partial charge in [-0.25, -0.2) is 0 Å². The summed E-state index contributed by atoms with van der Waals surface area (Å²) in [5, 5.41) is 5.94. The summed E-state index contributed by atoms with van der Waals surface area (Å²) in [6.07, 6.45) is 0. The van der Waals surface area contributed by atoms with E-state index in [1.165, 1.54) is 15.9 Å². The Balaban J connectivity index is 1.86. The molecule has 3 aromatic heterocycles. The number of benzene rings is 1. The third-order valence-electron chi connectivity index (χ3n) is 3.85. The van der Waals surface area contributed by atoms with Gasteiger partial charge in [0.15, 0.2) is 0 Å². The van der Waals surface area contributed by atoms with Crippen LogP contribution in [0.4, 0.5) is 0 Å². The molecule has 0 aliphatic carbocycles. The lowest BCUT2D eigenvalue weighted by atomic mass is 10.1. The van der Waals surface area contributed by atoms with Crippen molar-refractivity contribution in [2.75, 3.05) is 0 Å². The van der Waals surface area contributed by atoms with Crippen LogP contribution in [0.5, 0.6) is 0 Å². The molecule has 0 fully saturated rings. The zero-order chi connectivity index (χ0) is 17.6. The van der Waals surface area contributed by atoms with Crippen molar-refractivity contribution in [3.63, 3.8) is 0 Å². The smallest absolute Gasteiger partial charge is 0.316 e. The molecule has 0 spiro atoms. The van der Waals surface area contributed by atoms with Crippen molar-refractivity contribution in [1.82, 2.24) is 19.7 Å². The van der Waals surface area contributed by atoms with Crippen LogP contribution in [-0.2, 0) is 0 Å². The van der Waals surface area contributed by atoms with Gasteiger partial charge in [-0.3, -0.25) is 14.2 Å². The minimum absolute atomic E-state index is 0.126. The van der Waals surface area contributed by atoms with Gasteiger partial charge in [-0.1, -0.05) is 11.2 Å². The van der Waals surface area contributed by atoms with Gasteiger partial charge in [-0.05, 0) is 43.5 Å². The zero-order valence-corrected chi connectivity index (χ0v) is 14.3. The molecule has 0 aliphatic rings. The molecule has 0 saturated heterocycles. The molecule has 0 atom stereocenters. The van der Waals surface area contributed by atoms with E-state index in [0.29, 0.717) is 28.3 Å². The minimum Gasteiger partial charge on any atom is -0.333 e. The van der Waals surface area contributed by atoms with Crippen LogP contribution < -0.4 is 11.1 Å². The van der Waals surface area contributed by atoms with Gasteiger partial charge in [0.05, 0.1) is 15.9 Å². The first kappa shape index (κ1) is 15.5. The van der Waals surface area contributed by atoms with Crippen molar-refractivity contribution in [1.29, 1.82) is 0 Å². The molecule has 0 radical (unpaired) electrons. The fourth-order valence-electron chi connectivity index (χ4n) is 2.73. The molecule has 25 heavy (non-hydrogen) atoms. The first-order valence-corrected chi connectivity index (χ1v) is 8.59. The lowest BCUT2D eigenvalue weighted by Crippen LogP contribution is -2.37. The average Bonchev–Trinajstić information content (AvgIpc) is 3.26. The first-order valence-electron chi connectivity index (χ1n) is 7.71. The molecule has 1 aromatic carbocycles. The van der Waals surface area contributed by atoms with Crippen molar-refractivity contribution in [2.45, 2.75) is 19.9 Å². The number of hydrogen-bond donors (Lipinski definition) is 1. The van der Waals surface area contributed by atoms with Crippen LogP contribution in [0.15, 0.2) is 49.8 Å². The largest absolute Gasteiger partial charge is 0.333 e. The van der Waals surface area contributed by atoms with Gasteiger partial charge in [-0.15, -0.1) is 11.3 Å². The van der Waals surface area contributed by atoms with E-state index in [9.17, 15) is 9.59 Å². The standard InChI is InChI=1S/C17H14N4O3S/c1-9(2)21-12-6-5-10(8-11(12)18-15(22)17(21)23)14-19-16(24-20-14)13-4-3-7-25-13/h3-9H,1-2H3,(H,18,22). The molecule has 4 rings (SSSR count). The summed E-state index contributed by atoms with van der Waals surface area (Å²) in [6, 6.07) is 9.03. The van der Waals surface area contributed by atoms with Crippen LogP contribution in [0.1, 0.15) is 19.9 Å². The lowest BCUT2D eigenvalue weighted by Gasteiger charge is -2.13. The number of fused-ring (bicyclic) bond motifs is 1. The second kappa shape index (κ2) is 5.82. The Hall–Kier alpha value is -3.00. The Morgan fingerprint density at radius 2 is 2.08 bits per heavy atom. The number of rotatable bonds is 3. The van der Waals surface area contributed by atoms with Gasteiger partial charge < -0.3 is 9.51 Å². The maximum absolute atomic E-state index is 12.1. The number of nitrogens with zero attached hydrogens (tertiary/aromatic N) is 3. The van der Waals surface area contributed by atoms with Gasteiger partial charge in [0.25, 0.3) is 5.89 Å². The summed E-state index contributed by atoms with van der Waals surface area (Å²) in [5.41, 5.74) is 0.702. The fraction of sp³-hybridized carbons (Fsp3) is 0.176. The molecule has 0 saturated carbocycles. The lowest BCUT2D eigenvalue weighted by molar-refractivity contribution is 0.433. The van der Waals surface area contributed by atoms with E-state index < -0.39 is 11.1 Å². The maximum atomic E-state index is 12.1. The Kier molecular flexibility index (Phi) is 3.61. The van der Waals surface area contributed by atoms with Gasteiger partial charge in [0.2, 0.25) is 5.82 Å². The van der Waals surface area contributed by atoms with E-state index >= 15 is 0 Å². The van der Waals surface area contributed by atoms with E-state index in [2.05, 4.69) is 15.1 Å². The second-order valence-corrected chi connectivity index (χ2v) is 6.80. The topological polar surface area (TPSA) is 93.8 Å². The summed E-state index contributed by atoms with van der Waals surface area (Å²) in [4.78, 5) is 31.9. The summed E-state index contributed by atoms with van der Waals surface area (Å²) < 4.78 is 6.78. The summed E-state index contributed by atoms with van der Waals surface area (Å²) in [7, 11) is 0. The predicted octanol–water partition coefficient (Wildman–Crippen LogP) is 3.05. The predicted molar refractivity (Wildman–Crippen MR) is 95.8 cm³/mol. The zero-order valence-electron chi connectivity index (χ0n) is 13.5. The number of H-pyrrole nitrogens is 1. The van der Waals surface area contributed by atoms with E-state index in [1.807, 2.05) is 37.4 Å². The number of thiophene rings is 1. The summed E-state index contributed by atoms with van der Waals surface area (Å²) in [6.45, 7) is 3.72. The monoisotopic (exact) mass is 354 g/mol. The molecule has 1 N–H and O–H groups in total. The molecule has 0 bridgehead atoms. The van der Waals surface area contributed by atoms with Crippen LogP contribution >= 0.6 is 11.3 Å². The number of hydrogen-bond acceptors (Lipinski definition) is 6. The maximum Gasteiger partial charge on any atom is 0.316 e.